The monoisotopic (exact) mass is 524 g/mol. The van der Waals surface area contributed by atoms with Crippen LogP contribution in [-0.2, 0) is 6.42 Å². The molecule has 0 spiro atoms. The van der Waals surface area contributed by atoms with Crippen LogP contribution in [0.25, 0.3) is 26.6 Å². The minimum absolute atomic E-state index is 0.0268. The van der Waals surface area contributed by atoms with Gasteiger partial charge >= 0.3 is 0 Å². The number of ketones is 1. The number of carbonyl (C=O) groups excluding carboxylic acids is 1. The van der Waals surface area contributed by atoms with Crippen molar-refractivity contribution in [2.75, 3.05) is 7.11 Å². The lowest BCUT2D eigenvalue weighted by atomic mass is 9.99. The van der Waals surface area contributed by atoms with Crippen molar-refractivity contribution in [1.29, 1.82) is 0 Å². The van der Waals surface area contributed by atoms with Crippen LogP contribution in [0.4, 0.5) is 0 Å². The average Bonchev–Trinajstić information content (AvgIpc) is 3.39. The maximum Gasteiger partial charge on any atom is 0.242 e. The molecule has 6 nitrogen and oxygen atoms in total. The lowest BCUT2D eigenvalue weighted by Gasteiger charge is -2.11. The quantitative estimate of drug-likeness (QED) is 0.236. The van der Waals surface area contributed by atoms with Crippen molar-refractivity contribution in [3.05, 3.63) is 87.9 Å². The van der Waals surface area contributed by atoms with E-state index in [0.29, 0.717) is 43.3 Å². The predicted molar refractivity (Wildman–Crippen MR) is 139 cm³/mol. The van der Waals surface area contributed by atoms with E-state index in [1.54, 1.807) is 48.5 Å². The Labute approximate surface area is 214 Å². The van der Waals surface area contributed by atoms with Gasteiger partial charge in [-0.25, -0.2) is 4.98 Å². The minimum Gasteiger partial charge on any atom is -0.503 e. The molecule has 176 valence electrons. The molecule has 2 aromatic heterocycles. The van der Waals surface area contributed by atoms with Gasteiger partial charge in [0.25, 0.3) is 0 Å². The summed E-state index contributed by atoms with van der Waals surface area (Å²) < 4.78 is 7.54. The zero-order valence-electron chi connectivity index (χ0n) is 18.3. The van der Waals surface area contributed by atoms with E-state index in [1.165, 1.54) is 23.0 Å². The van der Waals surface area contributed by atoms with Gasteiger partial charge in [0.15, 0.2) is 16.7 Å². The molecular weight excluding hydrogens is 507 g/mol. The van der Waals surface area contributed by atoms with Crippen LogP contribution in [0.1, 0.15) is 15.9 Å². The highest BCUT2D eigenvalue weighted by Crippen LogP contribution is 2.45. The molecule has 0 atom stereocenters. The number of hydrogen-bond donors (Lipinski definition) is 2. The molecule has 2 heterocycles. The van der Waals surface area contributed by atoms with Crippen LogP contribution in [-0.4, -0.2) is 32.7 Å². The molecule has 3 aromatic carbocycles. The van der Waals surface area contributed by atoms with E-state index in [4.69, 9.17) is 27.9 Å². The number of aromatic nitrogens is 2. The number of thiazole rings is 1. The maximum absolute atomic E-state index is 13.6. The molecule has 2 N–H and O–H groups in total. The summed E-state index contributed by atoms with van der Waals surface area (Å²) in [6.45, 7) is 0. The number of para-hydroxylation sites is 2. The highest BCUT2D eigenvalue weighted by Gasteiger charge is 2.31. The van der Waals surface area contributed by atoms with Gasteiger partial charge in [0, 0.05) is 17.0 Å². The van der Waals surface area contributed by atoms with Crippen LogP contribution in [0, 0.1) is 0 Å². The largest absolute Gasteiger partial charge is 0.503 e. The maximum atomic E-state index is 13.6. The molecule has 5 aromatic rings. The number of nitrogens with zero attached hydrogens (tertiary/aromatic N) is 2. The molecule has 5 rings (SSSR count). The van der Waals surface area contributed by atoms with Gasteiger partial charge in [-0.2, -0.15) is 0 Å². The summed E-state index contributed by atoms with van der Waals surface area (Å²) in [6, 6.07) is 19.3. The van der Waals surface area contributed by atoms with Gasteiger partial charge in [-0.1, -0.05) is 70.9 Å². The smallest absolute Gasteiger partial charge is 0.242 e. The van der Waals surface area contributed by atoms with Crippen molar-refractivity contribution in [2.45, 2.75) is 6.42 Å². The number of fused-ring (bicyclic) bond motifs is 1. The zero-order valence-corrected chi connectivity index (χ0v) is 20.7. The number of rotatable bonds is 6. The van der Waals surface area contributed by atoms with Crippen molar-refractivity contribution in [3.8, 4) is 33.8 Å². The van der Waals surface area contributed by atoms with Crippen molar-refractivity contribution in [3.63, 3.8) is 0 Å². The second-order valence-electron chi connectivity index (χ2n) is 7.73. The van der Waals surface area contributed by atoms with Crippen LogP contribution in [0.15, 0.2) is 66.7 Å². The van der Waals surface area contributed by atoms with Crippen LogP contribution >= 0.6 is 34.5 Å². The lowest BCUT2D eigenvalue weighted by Crippen LogP contribution is -2.07. The predicted octanol–water partition coefficient (Wildman–Crippen LogP) is 6.91. The fourth-order valence-electron chi connectivity index (χ4n) is 3.99. The second-order valence-corrected chi connectivity index (χ2v) is 9.59. The van der Waals surface area contributed by atoms with Crippen molar-refractivity contribution < 1.29 is 19.7 Å². The van der Waals surface area contributed by atoms with E-state index in [2.05, 4.69) is 4.98 Å². The standard InChI is InChI=1S/C26H18Cl2N2O4S/c1-34-19-7-3-2-5-15(19)13-18(31)21-23(14-9-11-16(27)12-10-14)30(25(33)24(21)32)26-29-22-17(28)6-4-8-20(22)35-26/h2-12,32-33H,13H2,1H3. The summed E-state index contributed by atoms with van der Waals surface area (Å²) in [7, 11) is 1.53. The Hall–Kier alpha value is -3.52. The fourth-order valence-corrected chi connectivity index (χ4v) is 5.39. The SMILES string of the molecule is COc1ccccc1CC(=O)c1c(O)c(O)n(-c2nc3c(Cl)cccc3s2)c1-c1ccc(Cl)cc1. The highest BCUT2D eigenvalue weighted by molar-refractivity contribution is 7.21. The summed E-state index contributed by atoms with van der Waals surface area (Å²) in [5.41, 5.74) is 2.05. The van der Waals surface area contributed by atoms with Gasteiger partial charge in [0.2, 0.25) is 5.88 Å². The molecule has 0 amide bonds. The number of ether oxygens (including phenoxy) is 1. The molecule has 0 aliphatic carbocycles. The van der Waals surface area contributed by atoms with Gasteiger partial charge in [-0.05, 0) is 35.9 Å². The number of carbonyl (C=O) groups is 1. The molecule has 0 aliphatic rings. The summed E-state index contributed by atoms with van der Waals surface area (Å²) >= 11 is 13.7. The van der Waals surface area contributed by atoms with Crippen molar-refractivity contribution in [2.24, 2.45) is 0 Å². The first-order chi connectivity index (χ1) is 16.9. The topological polar surface area (TPSA) is 84.6 Å². The molecule has 0 saturated heterocycles. The first kappa shape index (κ1) is 23.2. The molecule has 0 radical (unpaired) electrons. The van der Waals surface area contributed by atoms with Crippen LogP contribution in [0.3, 0.4) is 0 Å². The third kappa shape index (κ3) is 4.12. The Morgan fingerprint density at radius 1 is 1.03 bits per heavy atom. The van der Waals surface area contributed by atoms with E-state index in [1.807, 2.05) is 18.2 Å². The van der Waals surface area contributed by atoms with E-state index in [-0.39, 0.29) is 12.0 Å². The number of hydrogen-bond acceptors (Lipinski definition) is 6. The van der Waals surface area contributed by atoms with E-state index in [0.717, 1.165) is 4.70 Å². The Bertz CT molecular complexity index is 1570. The third-order valence-corrected chi connectivity index (χ3v) is 7.17. The van der Waals surface area contributed by atoms with Crippen LogP contribution < -0.4 is 4.74 Å². The Morgan fingerprint density at radius 3 is 2.49 bits per heavy atom. The molecule has 35 heavy (non-hydrogen) atoms. The van der Waals surface area contributed by atoms with Crippen LogP contribution in [0.2, 0.25) is 10.0 Å². The Morgan fingerprint density at radius 2 is 1.77 bits per heavy atom. The average molecular weight is 525 g/mol. The molecule has 0 unspecified atom stereocenters. The number of methoxy groups -OCH3 is 1. The van der Waals surface area contributed by atoms with Crippen LogP contribution in [0.5, 0.6) is 17.4 Å². The first-order valence-corrected chi connectivity index (χ1v) is 12.1. The second kappa shape index (κ2) is 9.26. The minimum atomic E-state index is -0.528. The summed E-state index contributed by atoms with van der Waals surface area (Å²) in [4.78, 5) is 18.2. The van der Waals surface area contributed by atoms with Gasteiger partial charge < -0.3 is 14.9 Å². The lowest BCUT2D eigenvalue weighted by molar-refractivity contribution is 0.0990. The zero-order chi connectivity index (χ0) is 24.7. The molecule has 9 heteroatoms. The van der Waals surface area contributed by atoms with Gasteiger partial charge in [0.1, 0.15) is 11.3 Å². The summed E-state index contributed by atoms with van der Waals surface area (Å²) in [6.07, 6.45) is -0.0483. The van der Waals surface area contributed by atoms with Gasteiger partial charge in [-0.3, -0.25) is 9.36 Å². The fraction of sp³-hybridized carbons (Fsp3) is 0.0769. The molecule has 0 saturated carbocycles. The molecular formula is C26H18Cl2N2O4S. The summed E-state index contributed by atoms with van der Waals surface area (Å²) in [5.74, 6) is -0.864. The normalized spacial score (nSPS) is 11.2. The number of Topliss-reactive ketones (excluding diaryl/α,β-unsaturated/α-hetero) is 1. The third-order valence-electron chi connectivity index (χ3n) is 5.61. The number of benzene rings is 3. The summed E-state index contributed by atoms with van der Waals surface area (Å²) in [5, 5.41) is 23.3. The van der Waals surface area contributed by atoms with E-state index >= 15 is 0 Å². The molecule has 0 aliphatic heterocycles. The van der Waals surface area contributed by atoms with Gasteiger partial charge in [0.05, 0.1) is 28.1 Å². The van der Waals surface area contributed by atoms with Crippen molar-refractivity contribution in [1.82, 2.24) is 9.55 Å². The number of aromatic hydroxyl groups is 2. The van der Waals surface area contributed by atoms with E-state index < -0.39 is 17.4 Å². The Kier molecular flexibility index (Phi) is 6.15. The highest BCUT2D eigenvalue weighted by atomic mass is 35.5. The van der Waals surface area contributed by atoms with Crippen molar-refractivity contribution >= 4 is 50.5 Å². The van der Waals surface area contributed by atoms with E-state index in [9.17, 15) is 15.0 Å². The molecule has 0 fully saturated rings. The molecule has 0 bridgehead atoms. The number of halogens is 2. The Balaban J connectivity index is 1.73. The first-order valence-electron chi connectivity index (χ1n) is 10.5. The van der Waals surface area contributed by atoms with Gasteiger partial charge in [-0.15, -0.1) is 0 Å².